The second-order valence-electron chi connectivity index (χ2n) is 12.4. The maximum atomic E-state index is 13.5. The van der Waals surface area contributed by atoms with E-state index in [4.69, 9.17) is 25.2 Å². The Morgan fingerprint density at radius 1 is 1.16 bits per heavy atom. The number of rotatable bonds is 3. The summed E-state index contributed by atoms with van der Waals surface area (Å²) in [5.41, 5.74) is 10.9. The van der Waals surface area contributed by atoms with Crippen LogP contribution in [0.4, 0.5) is 0 Å². The first kappa shape index (κ1) is 27.8. The van der Waals surface area contributed by atoms with E-state index in [-0.39, 0.29) is 23.9 Å². The fourth-order valence-corrected chi connectivity index (χ4v) is 6.71. The maximum Gasteiger partial charge on any atom is 0.254 e. The summed E-state index contributed by atoms with van der Waals surface area (Å²) in [5, 5.41) is 4.06. The van der Waals surface area contributed by atoms with E-state index in [0.717, 1.165) is 59.6 Å². The third kappa shape index (κ3) is 5.14. The zero-order valence-electron chi connectivity index (χ0n) is 25.0. The number of methoxy groups -OCH3 is 1. The number of aryl methyl sites for hydroxylation is 1. The molecule has 3 N–H and O–H groups in total. The predicted octanol–water partition coefficient (Wildman–Crippen LogP) is 3.40. The van der Waals surface area contributed by atoms with Crippen LogP contribution in [0.1, 0.15) is 54.7 Å². The number of hydrogen-bond acceptors (Lipinski definition) is 7. The smallest absolute Gasteiger partial charge is 0.254 e. The monoisotopic (exact) mass is 585 g/mol. The number of nitrogens with two attached hydrogens (primary N) is 1. The van der Waals surface area contributed by atoms with Crippen molar-refractivity contribution in [1.29, 1.82) is 0 Å². The lowest BCUT2D eigenvalue weighted by Gasteiger charge is -2.30. The van der Waals surface area contributed by atoms with Gasteiger partial charge < -0.3 is 34.6 Å². The number of nitrogens with one attached hydrogen (secondary N) is 1. The van der Waals surface area contributed by atoms with Crippen LogP contribution in [0.5, 0.6) is 5.75 Å². The topological polar surface area (TPSA) is 130 Å². The summed E-state index contributed by atoms with van der Waals surface area (Å²) in [6.45, 7) is 5.08. The van der Waals surface area contributed by atoms with Gasteiger partial charge in [0.05, 0.1) is 36.7 Å². The average molecular weight is 586 g/mol. The molecule has 1 saturated carbocycles. The molecule has 2 aliphatic heterocycles. The summed E-state index contributed by atoms with van der Waals surface area (Å²) < 4.78 is 16.0. The average Bonchev–Trinajstić information content (AvgIpc) is 3.52. The molecule has 0 unspecified atom stereocenters. The van der Waals surface area contributed by atoms with Crippen LogP contribution < -0.4 is 15.8 Å². The van der Waals surface area contributed by atoms with Gasteiger partial charge in [0.15, 0.2) is 5.82 Å². The van der Waals surface area contributed by atoms with Gasteiger partial charge in [-0.05, 0) is 68.4 Å². The lowest BCUT2D eigenvalue weighted by molar-refractivity contribution is -0.122. The molecular weight excluding hydrogens is 546 g/mol. The Morgan fingerprint density at radius 3 is 2.84 bits per heavy atom. The molecule has 1 aliphatic carbocycles. The largest absolute Gasteiger partial charge is 0.494 e. The summed E-state index contributed by atoms with van der Waals surface area (Å²) in [4.78, 5) is 38.0. The molecule has 2 fully saturated rings. The van der Waals surface area contributed by atoms with Gasteiger partial charge in [0, 0.05) is 56.7 Å². The van der Waals surface area contributed by atoms with Gasteiger partial charge in [-0.25, -0.2) is 9.97 Å². The SMILES string of the molecule is COc1cc(C(=O)N2CCC[C@@H](N)C2)cc2nc(-c3cc4ccc5nc4n3C[C@H]3C[C@H]3COCCC(=O)N[C@@H]5C)n(C)c12. The Balaban J connectivity index is 1.33. The van der Waals surface area contributed by atoms with Crippen LogP contribution in [0.2, 0.25) is 0 Å². The summed E-state index contributed by atoms with van der Waals surface area (Å²) in [6.07, 6.45) is 3.25. The highest BCUT2D eigenvalue weighted by Gasteiger charge is 2.38. The maximum absolute atomic E-state index is 13.5. The van der Waals surface area contributed by atoms with E-state index in [1.165, 1.54) is 0 Å². The number of likely N-dealkylation sites (tertiary alicyclic amines) is 1. The van der Waals surface area contributed by atoms with E-state index in [9.17, 15) is 9.59 Å². The number of carbonyl (C=O) groups excluding carboxylic acids is 2. The Kier molecular flexibility index (Phi) is 7.09. The third-order valence-corrected chi connectivity index (χ3v) is 9.25. The third-order valence-electron chi connectivity index (χ3n) is 9.25. The van der Waals surface area contributed by atoms with Crippen molar-refractivity contribution in [2.75, 3.05) is 33.4 Å². The molecule has 1 saturated heterocycles. The fourth-order valence-electron chi connectivity index (χ4n) is 6.71. The van der Waals surface area contributed by atoms with Crippen LogP contribution in [0, 0.1) is 11.8 Å². The predicted molar refractivity (Wildman–Crippen MR) is 163 cm³/mol. The Morgan fingerprint density at radius 2 is 2.02 bits per heavy atom. The quantitative estimate of drug-likeness (QED) is 0.377. The van der Waals surface area contributed by atoms with Gasteiger partial charge in [-0.3, -0.25) is 9.59 Å². The van der Waals surface area contributed by atoms with Crippen molar-refractivity contribution in [1.82, 2.24) is 29.3 Å². The molecule has 2 amide bonds. The molecule has 2 bridgehead atoms. The van der Waals surface area contributed by atoms with Crippen LogP contribution in [-0.2, 0) is 23.1 Å². The zero-order chi connectivity index (χ0) is 29.8. The minimum atomic E-state index is -0.231. The van der Waals surface area contributed by atoms with Crippen molar-refractivity contribution in [3.63, 3.8) is 0 Å². The van der Waals surface area contributed by atoms with Crippen LogP contribution in [0.15, 0.2) is 30.3 Å². The van der Waals surface area contributed by atoms with E-state index in [1.807, 2.05) is 41.6 Å². The van der Waals surface area contributed by atoms with Crippen molar-refractivity contribution >= 4 is 33.9 Å². The minimum absolute atomic E-state index is 0.000503. The van der Waals surface area contributed by atoms with Crippen LogP contribution in [-0.4, -0.2) is 75.3 Å². The van der Waals surface area contributed by atoms with E-state index in [2.05, 4.69) is 22.0 Å². The van der Waals surface area contributed by atoms with E-state index >= 15 is 0 Å². The Hall–Kier alpha value is -3.96. The van der Waals surface area contributed by atoms with Crippen molar-refractivity contribution in [3.8, 4) is 17.3 Å². The molecule has 11 heteroatoms. The van der Waals surface area contributed by atoms with Crippen LogP contribution in [0.25, 0.3) is 33.6 Å². The van der Waals surface area contributed by atoms with Crippen molar-refractivity contribution in [2.24, 2.45) is 24.6 Å². The Bertz CT molecular complexity index is 1730. The van der Waals surface area contributed by atoms with Gasteiger partial charge in [0.1, 0.15) is 16.9 Å². The summed E-state index contributed by atoms with van der Waals surface area (Å²) in [7, 11) is 3.61. The molecule has 4 atom stereocenters. The van der Waals surface area contributed by atoms with E-state index in [0.29, 0.717) is 61.4 Å². The molecule has 3 aromatic heterocycles. The van der Waals surface area contributed by atoms with Gasteiger partial charge in [0.2, 0.25) is 5.91 Å². The first-order valence-corrected chi connectivity index (χ1v) is 15.3. The van der Waals surface area contributed by atoms with Gasteiger partial charge >= 0.3 is 0 Å². The fraction of sp³-hybridized carbons (Fsp3) is 0.500. The molecule has 0 radical (unpaired) electrons. The number of ether oxygens (including phenoxy) is 2. The van der Waals surface area contributed by atoms with Gasteiger partial charge in [-0.1, -0.05) is 0 Å². The molecule has 226 valence electrons. The first-order chi connectivity index (χ1) is 20.8. The molecule has 7 rings (SSSR count). The number of imidazole rings is 1. The summed E-state index contributed by atoms with van der Waals surface area (Å²) >= 11 is 0. The zero-order valence-corrected chi connectivity index (χ0v) is 25.0. The molecule has 43 heavy (non-hydrogen) atoms. The highest BCUT2D eigenvalue weighted by atomic mass is 16.5. The minimum Gasteiger partial charge on any atom is -0.494 e. The number of aromatic nitrogens is 4. The molecular formula is C32H39N7O4. The number of nitrogens with zero attached hydrogens (tertiary/aromatic N) is 5. The number of pyridine rings is 1. The number of hydrogen-bond donors (Lipinski definition) is 2. The number of benzene rings is 1. The Labute approximate surface area is 250 Å². The van der Waals surface area contributed by atoms with Crippen molar-refractivity contribution in [2.45, 2.75) is 51.2 Å². The van der Waals surface area contributed by atoms with Crippen molar-refractivity contribution in [3.05, 3.63) is 41.6 Å². The van der Waals surface area contributed by atoms with Crippen molar-refractivity contribution < 1.29 is 19.1 Å². The number of fused-ring (bicyclic) bond motifs is 3. The highest BCUT2D eigenvalue weighted by Crippen LogP contribution is 2.42. The van der Waals surface area contributed by atoms with E-state index in [1.54, 1.807) is 7.11 Å². The molecule has 4 aromatic rings. The van der Waals surface area contributed by atoms with E-state index < -0.39 is 0 Å². The van der Waals surface area contributed by atoms with Crippen LogP contribution >= 0.6 is 0 Å². The van der Waals surface area contributed by atoms with Crippen LogP contribution in [0.3, 0.4) is 0 Å². The molecule has 1 aromatic carbocycles. The van der Waals surface area contributed by atoms with Gasteiger partial charge in [-0.2, -0.15) is 0 Å². The first-order valence-electron chi connectivity index (χ1n) is 15.3. The summed E-state index contributed by atoms with van der Waals surface area (Å²) in [5.74, 6) is 2.20. The molecule has 5 heterocycles. The number of piperidine rings is 1. The molecule has 3 aliphatic rings. The lowest BCUT2D eigenvalue weighted by Crippen LogP contribution is -2.45. The summed E-state index contributed by atoms with van der Waals surface area (Å²) in [6, 6.07) is 9.63. The standard InChI is InChI=1S/C32H39N7O4/c1-18-24-7-6-19-13-26(39(30(19)35-24)15-21-11-22(21)17-43-10-8-28(40)34-18)31-36-25-12-20(14-27(42-3)29(25)37(31)2)32(41)38-9-4-5-23(33)16-38/h6-7,12-14,18,21-23H,4-5,8-11,15-17,33H2,1-3H3,(H,34,40)/t18-,21-,22+,23-/m1/s1. The lowest BCUT2D eigenvalue weighted by atomic mass is 10.0. The molecule has 11 nitrogen and oxygen atoms in total. The second kappa shape index (κ2) is 10.9. The highest BCUT2D eigenvalue weighted by molar-refractivity contribution is 6.00. The molecule has 0 spiro atoms. The number of carbonyl (C=O) groups is 2. The second-order valence-corrected chi connectivity index (χ2v) is 12.4. The van der Waals surface area contributed by atoms with Gasteiger partial charge in [0.25, 0.3) is 5.91 Å². The normalized spacial score (nSPS) is 24.6. The van der Waals surface area contributed by atoms with Gasteiger partial charge in [-0.15, -0.1) is 0 Å². The number of amides is 2.